The quantitative estimate of drug-likeness (QED) is 0.768. The van der Waals surface area contributed by atoms with Gasteiger partial charge in [-0.05, 0) is 43.3 Å². The number of carbonyl (C=O) groups is 1. The number of nitrogens with zero attached hydrogens (tertiary/aromatic N) is 3. The van der Waals surface area contributed by atoms with Crippen molar-refractivity contribution in [2.45, 2.75) is 13.0 Å². The molecule has 1 aromatic carbocycles. The minimum atomic E-state index is -0.0699. The topological polar surface area (TPSA) is 63.3 Å². The molecule has 0 unspecified atom stereocenters. The third-order valence-corrected chi connectivity index (χ3v) is 4.79. The molecule has 0 aliphatic carbocycles. The fourth-order valence-corrected chi connectivity index (χ4v) is 3.28. The first-order valence-electron chi connectivity index (χ1n) is 8.55. The van der Waals surface area contributed by atoms with Gasteiger partial charge in [-0.15, -0.1) is 0 Å². The first-order valence-corrected chi connectivity index (χ1v) is 8.93. The van der Waals surface area contributed by atoms with Gasteiger partial charge in [-0.3, -0.25) is 4.79 Å². The lowest BCUT2D eigenvalue weighted by Gasteiger charge is -2.33. The molecule has 26 heavy (non-hydrogen) atoms. The molecule has 1 aliphatic rings. The molecule has 0 bridgehead atoms. The van der Waals surface area contributed by atoms with Crippen molar-refractivity contribution in [2.75, 3.05) is 19.6 Å². The fourth-order valence-electron chi connectivity index (χ4n) is 3.15. The summed E-state index contributed by atoms with van der Waals surface area (Å²) in [6.45, 7) is 4.28. The van der Waals surface area contributed by atoms with E-state index < -0.39 is 0 Å². The molecular formula is C19H19ClN4O2. The summed E-state index contributed by atoms with van der Waals surface area (Å²) in [5, 5.41) is 8.52. The van der Waals surface area contributed by atoms with Crippen molar-refractivity contribution in [1.29, 1.82) is 0 Å². The van der Waals surface area contributed by atoms with Crippen molar-refractivity contribution in [2.24, 2.45) is 0 Å². The number of amides is 1. The van der Waals surface area contributed by atoms with Crippen LogP contribution in [-0.4, -0.2) is 46.3 Å². The Bertz CT molecular complexity index is 902. The van der Waals surface area contributed by atoms with Crippen LogP contribution in [0, 0.1) is 0 Å². The van der Waals surface area contributed by atoms with Gasteiger partial charge in [0.1, 0.15) is 5.69 Å². The standard InChI is InChI=1S/C19H19ClN4O2/c1-13-12-21-8-9-23(13)19(25)16-11-17(18-3-2-10-26-18)24(22-16)15-6-4-14(20)5-7-15/h2-7,10-11,13,21H,8-9,12H2,1H3/t13-/m1/s1. The first-order chi connectivity index (χ1) is 12.6. The fraction of sp³-hybridized carbons (Fsp3) is 0.263. The molecule has 0 spiro atoms. The normalized spacial score (nSPS) is 17.5. The van der Waals surface area contributed by atoms with Gasteiger partial charge in [0.15, 0.2) is 11.5 Å². The Morgan fingerprint density at radius 3 is 2.81 bits per heavy atom. The van der Waals surface area contributed by atoms with E-state index >= 15 is 0 Å². The molecule has 0 saturated carbocycles. The Morgan fingerprint density at radius 2 is 2.12 bits per heavy atom. The maximum Gasteiger partial charge on any atom is 0.274 e. The highest BCUT2D eigenvalue weighted by Gasteiger charge is 2.27. The number of carbonyl (C=O) groups excluding carboxylic acids is 1. The number of nitrogens with one attached hydrogen (secondary N) is 1. The van der Waals surface area contributed by atoms with E-state index in [4.69, 9.17) is 16.0 Å². The van der Waals surface area contributed by atoms with E-state index in [9.17, 15) is 4.79 Å². The van der Waals surface area contributed by atoms with E-state index in [1.807, 2.05) is 36.1 Å². The van der Waals surface area contributed by atoms with Crippen molar-refractivity contribution in [3.8, 4) is 17.1 Å². The van der Waals surface area contributed by atoms with E-state index in [1.54, 1.807) is 29.1 Å². The van der Waals surface area contributed by atoms with Crippen LogP contribution in [0.1, 0.15) is 17.4 Å². The zero-order valence-corrected chi connectivity index (χ0v) is 15.1. The molecule has 3 aromatic rings. The van der Waals surface area contributed by atoms with Crippen LogP contribution in [0.4, 0.5) is 0 Å². The van der Waals surface area contributed by atoms with Crippen molar-refractivity contribution in [3.05, 3.63) is 59.4 Å². The van der Waals surface area contributed by atoms with Crippen LogP contribution >= 0.6 is 11.6 Å². The lowest BCUT2D eigenvalue weighted by Crippen LogP contribution is -2.52. The summed E-state index contributed by atoms with van der Waals surface area (Å²) in [6.07, 6.45) is 1.61. The van der Waals surface area contributed by atoms with Crippen LogP contribution in [0.25, 0.3) is 17.1 Å². The molecule has 4 rings (SSSR count). The minimum Gasteiger partial charge on any atom is -0.463 e. The molecule has 6 nitrogen and oxygen atoms in total. The number of aromatic nitrogens is 2. The molecule has 1 atom stereocenters. The second-order valence-corrected chi connectivity index (χ2v) is 6.77. The number of hydrogen-bond acceptors (Lipinski definition) is 4. The Labute approximate surface area is 156 Å². The molecule has 7 heteroatoms. The summed E-state index contributed by atoms with van der Waals surface area (Å²) in [6, 6.07) is 12.9. The number of rotatable bonds is 3. The smallest absolute Gasteiger partial charge is 0.274 e. The van der Waals surface area contributed by atoms with Crippen LogP contribution in [0.2, 0.25) is 5.02 Å². The Kier molecular flexibility index (Phi) is 4.53. The summed E-state index contributed by atoms with van der Waals surface area (Å²) in [4.78, 5) is 14.9. The van der Waals surface area contributed by atoms with Crippen LogP contribution in [-0.2, 0) is 0 Å². The van der Waals surface area contributed by atoms with Gasteiger partial charge in [0, 0.05) is 36.8 Å². The molecule has 1 N–H and O–H groups in total. The zero-order valence-electron chi connectivity index (χ0n) is 14.4. The Balaban J connectivity index is 1.76. The van der Waals surface area contributed by atoms with Gasteiger partial charge in [-0.2, -0.15) is 5.10 Å². The summed E-state index contributed by atoms with van der Waals surface area (Å²) in [5.74, 6) is 0.583. The molecule has 1 saturated heterocycles. The van der Waals surface area contributed by atoms with Gasteiger partial charge in [-0.25, -0.2) is 4.68 Å². The van der Waals surface area contributed by atoms with Gasteiger partial charge < -0.3 is 14.6 Å². The van der Waals surface area contributed by atoms with Crippen LogP contribution < -0.4 is 5.32 Å². The minimum absolute atomic E-state index is 0.0699. The van der Waals surface area contributed by atoms with Crippen molar-refractivity contribution in [1.82, 2.24) is 20.0 Å². The van der Waals surface area contributed by atoms with Gasteiger partial charge in [-0.1, -0.05) is 11.6 Å². The van der Waals surface area contributed by atoms with Crippen LogP contribution in [0.3, 0.4) is 0 Å². The summed E-state index contributed by atoms with van der Waals surface area (Å²) in [7, 11) is 0. The number of hydrogen-bond donors (Lipinski definition) is 1. The van der Waals surface area contributed by atoms with Crippen molar-refractivity contribution in [3.63, 3.8) is 0 Å². The summed E-state index contributed by atoms with van der Waals surface area (Å²) < 4.78 is 7.26. The van der Waals surface area contributed by atoms with Gasteiger partial charge >= 0.3 is 0 Å². The lowest BCUT2D eigenvalue weighted by molar-refractivity contribution is 0.0649. The molecule has 0 radical (unpaired) electrons. The van der Waals surface area contributed by atoms with Gasteiger partial charge in [0.05, 0.1) is 12.0 Å². The SMILES string of the molecule is C[C@@H]1CNCCN1C(=O)c1cc(-c2ccco2)n(-c2ccc(Cl)cc2)n1. The maximum atomic E-state index is 13.0. The average Bonchev–Trinajstić information content (AvgIpc) is 3.32. The van der Waals surface area contributed by atoms with E-state index in [0.29, 0.717) is 23.0 Å². The van der Waals surface area contributed by atoms with Crippen molar-refractivity contribution >= 4 is 17.5 Å². The van der Waals surface area contributed by atoms with Gasteiger partial charge in [0.2, 0.25) is 0 Å². The van der Waals surface area contributed by atoms with E-state index in [0.717, 1.165) is 24.5 Å². The molecule has 1 fully saturated rings. The predicted octanol–water partition coefficient (Wildman–Crippen LogP) is 3.22. The zero-order chi connectivity index (χ0) is 18.1. The maximum absolute atomic E-state index is 13.0. The molecule has 2 aromatic heterocycles. The van der Waals surface area contributed by atoms with Crippen LogP contribution in [0.5, 0.6) is 0 Å². The van der Waals surface area contributed by atoms with Crippen LogP contribution in [0.15, 0.2) is 53.1 Å². The largest absolute Gasteiger partial charge is 0.463 e. The Morgan fingerprint density at radius 1 is 1.31 bits per heavy atom. The third-order valence-electron chi connectivity index (χ3n) is 4.54. The number of benzene rings is 1. The van der Waals surface area contributed by atoms with E-state index in [1.165, 1.54) is 0 Å². The first kappa shape index (κ1) is 16.9. The van der Waals surface area contributed by atoms with E-state index in [-0.39, 0.29) is 11.9 Å². The highest BCUT2D eigenvalue weighted by molar-refractivity contribution is 6.30. The molecule has 1 amide bonds. The monoisotopic (exact) mass is 370 g/mol. The molecule has 1 aliphatic heterocycles. The molecular weight excluding hydrogens is 352 g/mol. The summed E-state index contributed by atoms with van der Waals surface area (Å²) in [5.41, 5.74) is 1.94. The second-order valence-electron chi connectivity index (χ2n) is 6.33. The Hall–Kier alpha value is -2.57. The number of furan rings is 1. The summed E-state index contributed by atoms with van der Waals surface area (Å²) >= 11 is 6.00. The van der Waals surface area contributed by atoms with Crippen molar-refractivity contribution < 1.29 is 9.21 Å². The highest BCUT2D eigenvalue weighted by Crippen LogP contribution is 2.26. The second kappa shape index (κ2) is 6.97. The lowest BCUT2D eigenvalue weighted by atomic mass is 10.2. The third kappa shape index (κ3) is 3.13. The number of piperazine rings is 1. The predicted molar refractivity (Wildman–Crippen MR) is 99.6 cm³/mol. The molecule has 134 valence electrons. The number of halogens is 1. The van der Waals surface area contributed by atoms with E-state index in [2.05, 4.69) is 10.4 Å². The highest BCUT2D eigenvalue weighted by atomic mass is 35.5. The molecule has 3 heterocycles. The van der Waals surface area contributed by atoms with Gasteiger partial charge in [0.25, 0.3) is 5.91 Å². The average molecular weight is 371 g/mol.